The van der Waals surface area contributed by atoms with Crippen molar-refractivity contribution in [1.82, 2.24) is 9.21 Å². The number of likely N-dealkylation sites (tertiary alicyclic amines) is 1. The minimum Gasteiger partial charge on any atom is -0.324 e. The molecule has 1 amide bonds. The summed E-state index contributed by atoms with van der Waals surface area (Å²) in [6, 6.07) is 4.40. The van der Waals surface area contributed by atoms with E-state index in [0.717, 1.165) is 25.9 Å². The van der Waals surface area contributed by atoms with E-state index in [1.807, 2.05) is 0 Å². The fourth-order valence-electron chi connectivity index (χ4n) is 2.81. The SMILES string of the molecule is CCN(CC)S(=O)(=O)c1ccc(Cl)c(NC(=O)CN2CCCC2)c1. The molecule has 0 saturated carbocycles. The van der Waals surface area contributed by atoms with Crippen LogP contribution in [0.25, 0.3) is 0 Å². The molecule has 0 aliphatic carbocycles. The molecule has 1 heterocycles. The topological polar surface area (TPSA) is 69.7 Å². The van der Waals surface area contributed by atoms with E-state index < -0.39 is 10.0 Å². The van der Waals surface area contributed by atoms with Crippen molar-refractivity contribution in [3.8, 4) is 0 Å². The second kappa shape index (κ2) is 8.29. The van der Waals surface area contributed by atoms with Crippen LogP contribution in [0.2, 0.25) is 5.02 Å². The number of hydrogen-bond acceptors (Lipinski definition) is 4. The van der Waals surface area contributed by atoms with Gasteiger partial charge in [0.05, 0.1) is 22.2 Å². The zero-order chi connectivity index (χ0) is 17.7. The third kappa shape index (κ3) is 4.47. The fourth-order valence-corrected chi connectivity index (χ4v) is 4.46. The minimum absolute atomic E-state index is 0.132. The number of carbonyl (C=O) groups excluding carboxylic acids is 1. The van der Waals surface area contributed by atoms with Gasteiger partial charge >= 0.3 is 0 Å². The van der Waals surface area contributed by atoms with Gasteiger partial charge in [-0.3, -0.25) is 9.69 Å². The number of halogens is 1. The number of benzene rings is 1. The molecule has 1 aliphatic rings. The van der Waals surface area contributed by atoms with E-state index in [1.54, 1.807) is 13.8 Å². The van der Waals surface area contributed by atoms with E-state index in [4.69, 9.17) is 11.6 Å². The van der Waals surface area contributed by atoms with Crippen LogP contribution in [0.3, 0.4) is 0 Å². The first-order valence-corrected chi connectivity index (χ1v) is 10.0. The Labute approximate surface area is 148 Å². The number of anilines is 1. The van der Waals surface area contributed by atoms with E-state index in [2.05, 4.69) is 10.2 Å². The van der Waals surface area contributed by atoms with E-state index in [9.17, 15) is 13.2 Å². The van der Waals surface area contributed by atoms with Crippen LogP contribution in [0.5, 0.6) is 0 Å². The molecule has 0 aromatic heterocycles. The first kappa shape index (κ1) is 19.2. The summed E-state index contributed by atoms with van der Waals surface area (Å²) in [5.41, 5.74) is 0.328. The minimum atomic E-state index is -3.59. The summed E-state index contributed by atoms with van der Waals surface area (Å²) in [4.78, 5) is 14.4. The molecule has 24 heavy (non-hydrogen) atoms. The molecule has 1 aromatic rings. The molecule has 8 heteroatoms. The average molecular weight is 374 g/mol. The van der Waals surface area contributed by atoms with Crippen LogP contribution in [-0.4, -0.2) is 56.3 Å². The second-order valence-corrected chi connectivity index (χ2v) is 8.11. The number of amides is 1. The largest absolute Gasteiger partial charge is 0.324 e. The van der Waals surface area contributed by atoms with Crippen molar-refractivity contribution < 1.29 is 13.2 Å². The molecular formula is C16H24ClN3O3S. The molecule has 1 N–H and O–H groups in total. The first-order valence-electron chi connectivity index (χ1n) is 8.20. The zero-order valence-electron chi connectivity index (χ0n) is 14.1. The molecular weight excluding hydrogens is 350 g/mol. The van der Waals surface area contributed by atoms with Gasteiger partial charge in [-0.2, -0.15) is 4.31 Å². The summed E-state index contributed by atoms with van der Waals surface area (Å²) in [6.07, 6.45) is 2.21. The van der Waals surface area contributed by atoms with E-state index in [0.29, 0.717) is 30.3 Å². The van der Waals surface area contributed by atoms with Crippen LogP contribution in [0.1, 0.15) is 26.7 Å². The Kier molecular flexibility index (Phi) is 6.62. The third-order valence-electron chi connectivity index (χ3n) is 4.12. The lowest BCUT2D eigenvalue weighted by Gasteiger charge is -2.19. The number of sulfonamides is 1. The highest BCUT2D eigenvalue weighted by atomic mass is 35.5. The Morgan fingerprint density at radius 1 is 1.25 bits per heavy atom. The van der Waals surface area contributed by atoms with E-state index in [-0.39, 0.29) is 10.8 Å². The van der Waals surface area contributed by atoms with Gasteiger partial charge in [0.15, 0.2) is 0 Å². The lowest BCUT2D eigenvalue weighted by molar-refractivity contribution is -0.117. The van der Waals surface area contributed by atoms with Crippen molar-refractivity contribution >= 4 is 33.2 Å². The number of carbonyl (C=O) groups is 1. The Bertz CT molecular complexity index is 684. The van der Waals surface area contributed by atoms with Crippen molar-refractivity contribution in [2.75, 3.05) is 38.0 Å². The standard InChI is InChI=1S/C16H24ClN3O3S/c1-3-20(4-2)24(22,23)13-7-8-14(17)15(11-13)18-16(21)12-19-9-5-6-10-19/h7-8,11H,3-6,9-10,12H2,1-2H3,(H,18,21). The van der Waals surface area contributed by atoms with Crippen LogP contribution in [-0.2, 0) is 14.8 Å². The van der Waals surface area contributed by atoms with Crippen LogP contribution < -0.4 is 5.32 Å². The van der Waals surface area contributed by atoms with E-state index >= 15 is 0 Å². The molecule has 0 atom stereocenters. The number of nitrogens with one attached hydrogen (secondary N) is 1. The molecule has 2 rings (SSSR count). The monoisotopic (exact) mass is 373 g/mol. The predicted octanol–water partition coefficient (Wildman–Crippen LogP) is 2.40. The summed E-state index contributed by atoms with van der Waals surface area (Å²) in [7, 11) is -3.59. The molecule has 1 aromatic carbocycles. The Balaban J connectivity index is 2.17. The summed E-state index contributed by atoms with van der Waals surface area (Å²) in [5, 5.41) is 3.05. The van der Waals surface area contributed by atoms with Crippen LogP contribution in [0, 0.1) is 0 Å². The van der Waals surface area contributed by atoms with Crippen LogP contribution in [0.15, 0.2) is 23.1 Å². The smallest absolute Gasteiger partial charge is 0.243 e. The third-order valence-corrected chi connectivity index (χ3v) is 6.50. The highest BCUT2D eigenvalue weighted by molar-refractivity contribution is 7.89. The Morgan fingerprint density at radius 2 is 1.88 bits per heavy atom. The summed E-state index contributed by atoms with van der Waals surface area (Å²) >= 11 is 6.12. The lowest BCUT2D eigenvalue weighted by atomic mass is 10.3. The normalized spacial score (nSPS) is 15.8. The summed E-state index contributed by atoms with van der Waals surface area (Å²) < 4.78 is 26.5. The van der Waals surface area contributed by atoms with Gasteiger partial charge in [-0.1, -0.05) is 25.4 Å². The van der Waals surface area contributed by atoms with Crippen molar-refractivity contribution in [3.63, 3.8) is 0 Å². The molecule has 0 radical (unpaired) electrons. The molecule has 0 unspecified atom stereocenters. The zero-order valence-corrected chi connectivity index (χ0v) is 15.7. The van der Waals surface area contributed by atoms with Crippen LogP contribution in [0.4, 0.5) is 5.69 Å². The van der Waals surface area contributed by atoms with Crippen molar-refractivity contribution in [2.24, 2.45) is 0 Å². The number of nitrogens with zero attached hydrogens (tertiary/aromatic N) is 2. The molecule has 134 valence electrons. The highest BCUT2D eigenvalue weighted by Gasteiger charge is 2.23. The van der Waals surface area contributed by atoms with Gasteiger partial charge in [-0.25, -0.2) is 8.42 Å². The summed E-state index contributed by atoms with van der Waals surface area (Å²) in [5.74, 6) is -0.184. The quantitative estimate of drug-likeness (QED) is 0.796. The fraction of sp³-hybridized carbons (Fsp3) is 0.562. The Hall–Kier alpha value is -1.15. The molecule has 1 saturated heterocycles. The molecule has 0 bridgehead atoms. The van der Waals surface area contributed by atoms with Crippen LogP contribution >= 0.6 is 11.6 Å². The number of rotatable bonds is 7. The van der Waals surface area contributed by atoms with Gasteiger partial charge in [-0.15, -0.1) is 0 Å². The number of hydrogen-bond donors (Lipinski definition) is 1. The predicted molar refractivity (Wildman–Crippen MR) is 95.9 cm³/mol. The second-order valence-electron chi connectivity index (χ2n) is 5.76. The average Bonchev–Trinajstić information content (AvgIpc) is 3.03. The molecule has 6 nitrogen and oxygen atoms in total. The van der Waals surface area contributed by atoms with Crippen molar-refractivity contribution in [3.05, 3.63) is 23.2 Å². The van der Waals surface area contributed by atoms with Gasteiger partial charge in [0.1, 0.15) is 0 Å². The van der Waals surface area contributed by atoms with E-state index in [1.165, 1.54) is 22.5 Å². The van der Waals surface area contributed by atoms with Gasteiger partial charge in [-0.05, 0) is 44.1 Å². The van der Waals surface area contributed by atoms with Gasteiger partial charge in [0.2, 0.25) is 15.9 Å². The molecule has 0 spiro atoms. The van der Waals surface area contributed by atoms with Crippen molar-refractivity contribution in [1.29, 1.82) is 0 Å². The maximum absolute atomic E-state index is 12.6. The maximum atomic E-state index is 12.6. The maximum Gasteiger partial charge on any atom is 0.243 e. The first-order chi connectivity index (χ1) is 11.4. The molecule has 1 fully saturated rings. The van der Waals surface area contributed by atoms with Crippen molar-refractivity contribution in [2.45, 2.75) is 31.6 Å². The Morgan fingerprint density at radius 3 is 2.46 bits per heavy atom. The molecule has 1 aliphatic heterocycles. The summed E-state index contributed by atoms with van der Waals surface area (Å²) in [6.45, 7) is 6.47. The lowest BCUT2D eigenvalue weighted by Crippen LogP contribution is -2.31. The van der Waals surface area contributed by atoms with Gasteiger partial charge < -0.3 is 5.32 Å². The van der Waals surface area contributed by atoms with Gasteiger partial charge in [0, 0.05) is 13.1 Å². The highest BCUT2D eigenvalue weighted by Crippen LogP contribution is 2.27. The van der Waals surface area contributed by atoms with Gasteiger partial charge in [0.25, 0.3) is 0 Å².